The molecule has 0 radical (unpaired) electrons. The van der Waals surface area contributed by atoms with Gasteiger partial charge in [-0.25, -0.2) is 0 Å². The number of hydrogen-bond donors (Lipinski definition) is 3. The quantitative estimate of drug-likeness (QED) is 0.397. The fourth-order valence-corrected chi connectivity index (χ4v) is 0.976. The molecule has 0 aromatic rings. The Morgan fingerprint density at radius 1 is 1.25 bits per heavy atom. The van der Waals surface area contributed by atoms with E-state index in [0.29, 0.717) is 5.70 Å². The van der Waals surface area contributed by atoms with E-state index in [4.69, 9.17) is 11.6 Å². The second-order valence-electron chi connectivity index (χ2n) is 3.50. The summed E-state index contributed by atoms with van der Waals surface area (Å²) in [4.78, 5) is 0. The van der Waals surface area contributed by atoms with Crippen LogP contribution < -0.4 is 17.0 Å². The first-order valence-electron chi connectivity index (χ1n) is 3.90. The summed E-state index contributed by atoms with van der Waals surface area (Å²) in [6.07, 6.45) is 7.87. The van der Waals surface area contributed by atoms with Crippen molar-refractivity contribution in [3.8, 4) is 0 Å². The van der Waals surface area contributed by atoms with E-state index in [1.165, 1.54) is 0 Å². The number of allylic oxidation sites excluding steroid dienone is 4. The van der Waals surface area contributed by atoms with Gasteiger partial charge < -0.3 is 11.2 Å². The lowest BCUT2D eigenvalue weighted by Crippen LogP contribution is -2.22. The van der Waals surface area contributed by atoms with E-state index in [1.54, 1.807) is 0 Å². The van der Waals surface area contributed by atoms with Crippen LogP contribution >= 0.6 is 0 Å². The van der Waals surface area contributed by atoms with Crippen LogP contribution in [0.4, 0.5) is 0 Å². The molecule has 0 saturated carbocycles. The molecular formula is C9H15N3. The van der Waals surface area contributed by atoms with E-state index in [1.807, 2.05) is 18.2 Å². The third kappa shape index (κ3) is 1.89. The van der Waals surface area contributed by atoms with Crippen LogP contribution in [0.15, 0.2) is 35.7 Å². The van der Waals surface area contributed by atoms with Crippen LogP contribution in [0.25, 0.3) is 0 Å². The van der Waals surface area contributed by atoms with Gasteiger partial charge in [-0.2, -0.15) is 0 Å². The van der Waals surface area contributed by atoms with Gasteiger partial charge in [0.15, 0.2) is 0 Å². The van der Waals surface area contributed by atoms with Gasteiger partial charge in [0.2, 0.25) is 0 Å². The summed E-state index contributed by atoms with van der Waals surface area (Å²) in [5, 5.41) is 0. The second kappa shape index (κ2) is 3.03. The van der Waals surface area contributed by atoms with Crippen molar-refractivity contribution in [2.45, 2.75) is 13.8 Å². The largest absolute Gasteiger partial charge is 0.397 e. The molecule has 5 N–H and O–H groups in total. The lowest BCUT2D eigenvalue weighted by Gasteiger charge is -2.12. The first kappa shape index (κ1) is 8.87. The van der Waals surface area contributed by atoms with Crippen molar-refractivity contribution < 1.29 is 0 Å². The Labute approximate surface area is 72.8 Å². The van der Waals surface area contributed by atoms with Crippen LogP contribution in [0.3, 0.4) is 0 Å². The van der Waals surface area contributed by atoms with E-state index in [-0.39, 0.29) is 5.41 Å². The van der Waals surface area contributed by atoms with Crippen LogP contribution in [0.5, 0.6) is 0 Å². The molecule has 1 aliphatic carbocycles. The first-order chi connectivity index (χ1) is 5.55. The van der Waals surface area contributed by atoms with Gasteiger partial charge in [-0.1, -0.05) is 26.0 Å². The summed E-state index contributed by atoms with van der Waals surface area (Å²) in [6, 6.07) is 0. The van der Waals surface area contributed by atoms with Gasteiger partial charge in [-0.05, 0) is 12.2 Å². The van der Waals surface area contributed by atoms with Crippen molar-refractivity contribution in [2.75, 3.05) is 0 Å². The van der Waals surface area contributed by atoms with Crippen molar-refractivity contribution in [3.63, 3.8) is 0 Å². The summed E-state index contributed by atoms with van der Waals surface area (Å²) in [5.74, 6) is 5.28. The summed E-state index contributed by atoms with van der Waals surface area (Å²) in [5.41, 5.74) is 9.73. The molecule has 1 aliphatic rings. The molecule has 1 rings (SSSR count). The molecule has 12 heavy (non-hydrogen) atoms. The van der Waals surface area contributed by atoms with Gasteiger partial charge in [0.05, 0.1) is 11.4 Å². The van der Waals surface area contributed by atoms with Crippen molar-refractivity contribution in [1.82, 2.24) is 5.43 Å². The smallest absolute Gasteiger partial charge is 0.0712 e. The molecule has 3 heteroatoms. The maximum absolute atomic E-state index is 5.71. The lowest BCUT2D eigenvalue weighted by atomic mass is 9.93. The van der Waals surface area contributed by atoms with Gasteiger partial charge >= 0.3 is 0 Å². The number of nitrogens with one attached hydrogen (secondary N) is 1. The fourth-order valence-electron chi connectivity index (χ4n) is 0.976. The van der Waals surface area contributed by atoms with E-state index >= 15 is 0 Å². The molecule has 0 aliphatic heterocycles. The van der Waals surface area contributed by atoms with Crippen molar-refractivity contribution in [1.29, 1.82) is 0 Å². The van der Waals surface area contributed by atoms with Crippen LogP contribution in [0.1, 0.15) is 13.8 Å². The van der Waals surface area contributed by atoms with Crippen molar-refractivity contribution in [3.05, 3.63) is 35.7 Å². The predicted octanol–water partition coefficient (Wildman–Crippen LogP) is 0.772. The molecular weight excluding hydrogens is 150 g/mol. The minimum atomic E-state index is 0.0449. The minimum Gasteiger partial charge on any atom is -0.397 e. The van der Waals surface area contributed by atoms with Crippen LogP contribution in [0, 0.1) is 5.41 Å². The van der Waals surface area contributed by atoms with E-state index in [2.05, 4.69) is 25.3 Å². The summed E-state index contributed by atoms with van der Waals surface area (Å²) in [7, 11) is 0. The zero-order valence-corrected chi connectivity index (χ0v) is 7.46. The second-order valence-corrected chi connectivity index (χ2v) is 3.50. The van der Waals surface area contributed by atoms with E-state index in [0.717, 1.165) is 5.70 Å². The third-order valence-electron chi connectivity index (χ3n) is 1.84. The predicted molar refractivity (Wildman–Crippen MR) is 50.6 cm³/mol. The minimum absolute atomic E-state index is 0.0449. The topological polar surface area (TPSA) is 64.1 Å². The molecule has 0 spiro atoms. The Morgan fingerprint density at radius 3 is 2.42 bits per heavy atom. The van der Waals surface area contributed by atoms with Gasteiger partial charge in [0.1, 0.15) is 0 Å². The first-order valence-corrected chi connectivity index (χ1v) is 3.90. The van der Waals surface area contributed by atoms with Gasteiger partial charge in [0.25, 0.3) is 0 Å². The lowest BCUT2D eigenvalue weighted by molar-refractivity contribution is 0.626. The number of hydrogen-bond acceptors (Lipinski definition) is 3. The molecule has 0 aromatic carbocycles. The molecule has 0 unspecified atom stereocenters. The highest BCUT2D eigenvalue weighted by Gasteiger charge is 2.12. The highest BCUT2D eigenvalue weighted by atomic mass is 15.2. The molecule has 66 valence electrons. The number of rotatable bonds is 1. The maximum Gasteiger partial charge on any atom is 0.0712 e. The summed E-state index contributed by atoms with van der Waals surface area (Å²) >= 11 is 0. The van der Waals surface area contributed by atoms with Gasteiger partial charge in [-0.15, -0.1) is 0 Å². The standard InChI is InChI=1S/C9H15N3/c1-9(2)5-3-7(10)8(12-11)4-6-9/h3-6,12H,10-11H2,1-2H3. The van der Waals surface area contributed by atoms with E-state index < -0.39 is 0 Å². The maximum atomic E-state index is 5.71. The Hall–Kier alpha value is -1.22. The molecule has 0 atom stereocenters. The molecule has 0 aromatic heterocycles. The van der Waals surface area contributed by atoms with Crippen LogP contribution in [-0.2, 0) is 0 Å². The van der Waals surface area contributed by atoms with Crippen LogP contribution in [-0.4, -0.2) is 0 Å². The molecule has 0 fully saturated rings. The highest BCUT2D eigenvalue weighted by Crippen LogP contribution is 2.22. The molecule has 0 saturated heterocycles. The molecule has 0 amide bonds. The van der Waals surface area contributed by atoms with Gasteiger partial charge in [-0.3, -0.25) is 5.84 Å². The van der Waals surface area contributed by atoms with E-state index in [9.17, 15) is 0 Å². The average Bonchev–Trinajstić information content (AvgIpc) is 2.13. The van der Waals surface area contributed by atoms with Crippen molar-refractivity contribution in [2.24, 2.45) is 17.0 Å². The molecule has 0 bridgehead atoms. The Balaban J connectivity index is 2.99. The van der Waals surface area contributed by atoms with Crippen LogP contribution in [0.2, 0.25) is 0 Å². The number of hydrazine groups is 1. The highest BCUT2D eigenvalue weighted by molar-refractivity contribution is 5.35. The zero-order valence-electron chi connectivity index (χ0n) is 7.46. The SMILES string of the molecule is CC1(C)C=CC(N)=C(NN)C=C1. The average molecular weight is 165 g/mol. The normalized spacial score (nSPS) is 20.9. The Bertz CT molecular complexity index is 259. The zero-order chi connectivity index (χ0) is 9.19. The molecule has 3 nitrogen and oxygen atoms in total. The summed E-state index contributed by atoms with van der Waals surface area (Å²) < 4.78 is 0. The summed E-state index contributed by atoms with van der Waals surface area (Å²) in [6.45, 7) is 4.21. The third-order valence-corrected chi connectivity index (χ3v) is 1.84. The monoisotopic (exact) mass is 165 g/mol. The fraction of sp³-hybridized carbons (Fsp3) is 0.333. The Kier molecular flexibility index (Phi) is 2.24. The van der Waals surface area contributed by atoms with Gasteiger partial charge in [0, 0.05) is 5.41 Å². The Morgan fingerprint density at radius 2 is 1.83 bits per heavy atom. The molecule has 0 heterocycles. The van der Waals surface area contributed by atoms with Crippen molar-refractivity contribution >= 4 is 0 Å². The number of nitrogens with two attached hydrogens (primary N) is 2.